The van der Waals surface area contributed by atoms with Crippen molar-refractivity contribution >= 4 is 17.4 Å². The number of carbonyl (C=O) groups excluding carboxylic acids is 1. The third kappa shape index (κ3) is 4.87. The lowest BCUT2D eigenvalue weighted by atomic mass is 10.0. The van der Waals surface area contributed by atoms with E-state index in [1.165, 1.54) is 0 Å². The molecule has 2 aromatic heterocycles. The Hall–Kier alpha value is -3.10. The van der Waals surface area contributed by atoms with Crippen LogP contribution in [0.3, 0.4) is 0 Å². The van der Waals surface area contributed by atoms with Crippen LogP contribution >= 0.6 is 0 Å². The average molecular weight is 438 g/mol. The predicted molar refractivity (Wildman–Crippen MR) is 124 cm³/mol. The van der Waals surface area contributed by atoms with Gasteiger partial charge in [-0.05, 0) is 56.9 Å². The van der Waals surface area contributed by atoms with Gasteiger partial charge >= 0.3 is 0 Å². The predicted octanol–water partition coefficient (Wildman–Crippen LogP) is 1.99. The van der Waals surface area contributed by atoms with Crippen molar-refractivity contribution < 1.29 is 14.6 Å². The quantitative estimate of drug-likeness (QED) is 0.581. The van der Waals surface area contributed by atoms with Crippen LogP contribution in [0.1, 0.15) is 16.8 Å². The SMILES string of the molecule is CN(C)CCOc1ccc(C(=O)N(C)C[C@]2(O)CCN(c3cccc4nccn34)C2)cc1. The summed E-state index contributed by atoms with van der Waals surface area (Å²) in [5.74, 6) is 1.62. The molecule has 0 spiro atoms. The van der Waals surface area contributed by atoms with E-state index in [-0.39, 0.29) is 12.5 Å². The van der Waals surface area contributed by atoms with Crippen molar-refractivity contribution in [2.45, 2.75) is 12.0 Å². The van der Waals surface area contributed by atoms with E-state index in [9.17, 15) is 9.90 Å². The standard InChI is InChI=1S/C24H31N5O3/c1-26(2)15-16-32-20-9-7-19(8-10-20)23(30)27(3)17-24(31)11-13-28(18-24)22-6-4-5-21-25-12-14-29(21)22/h4-10,12,14,31H,11,13,15-18H2,1-3H3/t24-/m1/s1. The first kappa shape index (κ1) is 22.1. The largest absolute Gasteiger partial charge is 0.492 e. The van der Waals surface area contributed by atoms with Gasteiger partial charge in [0, 0.05) is 44.6 Å². The summed E-state index contributed by atoms with van der Waals surface area (Å²) in [6, 6.07) is 13.1. The normalized spacial score (nSPS) is 18.5. The van der Waals surface area contributed by atoms with Crippen molar-refractivity contribution in [2.24, 2.45) is 0 Å². The van der Waals surface area contributed by atoms with Crippen LogP contribution in [-0.2, 0) is 0 Å². The molecule has 1 fully saturated rings. The minimum atomic E-state index is -0.970. The summed E-state index contributed by atoms with van der Waals surface area (Å²) in [6.07, 6.45) is 4.28. The Kier molecular flexibility index (Phi) is 6.34. The number of anilines is 1. The molecule has 1 N–H and O–H groups in total. The second kappa shape index (κ2) is 9.18. The van der Waals surface area contributed by atoms with Crippen LogP contribution in [0.4, 0.5) is 5.82 Å². The topological polar surface area (TPSA) is 73.6 Å². The van der Waals surface area contributed by atoms with Crippen LogP contribution in [0, 0.1) is 0 Å². The molecule has 1 amide bonds. The minimum Gasteiger partial charge on any atom is -0.492 e. The van der Waals surface area contributed by atoms with Crippen LogP contribution in [0.5, 0.6) is 5.75 Å². The summed E-state index contributed by atoms with van der Waals surface area (Å²) < 4.78 is 7.71. The third-order valence-electron chi connectivity index (χ3n) is 5.85. The Bertz CT molecular complexity index is 1060. The average Bonchev–Trinajstić information content (AvgIpc) is 3.40. The number of imidazole rings is 1. The van der Waals surface area contributed by atoms with E-state index >= 15 is 0 Å². The maximum Gasteiger partial charge on any atom is 0.253 e. The van der Waals surface area contributed by atoms with Gasteiger partial charge in [0.2, 0.25) is 0 Å². The molecule has 4 rings (SSSR count). The molecule has 1 aromatic carbocycles. The summed E-state index contributed by atoms with van der Waals surface area (Å²) in [6.45, 7) is 2.86. The van der Waals surface area contributed by atoms with Crippen molar-refractivity contribution in [1.82, 2.24) is 19.2 Å². The Morgan fingerprint density at radius 2 is 1.97 bits per heavy atom. The number of rotatable bonds is 8. The number of amides is 1. The summed E-state index contributed by atoms with van der Waals surface area (Å²) in [5.41, 5.74) is 0.482. The molecule has 0 aliphatic carbocycles. The van der Waals surface area contributed by atoms with Crippen LogP contribution in [0.15, 0.2) is 54.9 Å². The lowest BCUT2D eigenvalue weighted by molar-refractivity contribution is 0.0264. The highest BCUT2D eigenvalue weighted by Crippen LogP contribution is 2.28. The van der Waals surface area contributed by atoms with E-state index in [1.807, 2.05) is 55.0 Å². The fourth-order valence-corrected chi connectivity index (χ4v) is 4.14. The zero-order chi connectivity index (χ0) is 22.7. The number of fused-ring (bicyclic) bond motifs is 1. The molecule has 8 heteroatoms. The molecule has 0 radical (unpaired) electrons. The molecule has 1 aliphatic heterocycles. The Morgan fingerprint density at radius 1 is 1.19 bits per heavy atom. The van der Waals surface area contributed by atoms with Crippen molar-refractivity contribution in [2.75, 3.05) is 58.8 Å². The maximum absolute atomic E-state index is 12.9. The Morgan fingerprint density at radius 3 is 2.72 bits per heavy atom. The fourth-order valence-electron chi connectivity index (χ4n) is 4.14. The second-order valence-electron chi connectivity index (χ2n) is 8.77. The van der Waals surface area contributed by atoms with E-state index in [0.717, 1.165) is 30.3 Å². The molecule has 0 saturated carbocycles. The molecule has 170 valence electrons. The molecular formula is C24H31N5O3. The molecule has 1 atom stereocenters. The molecule has 3 aromatic rings. The Balaban J connectivity index is 1.36. The van der Waals surface area contributed by atoms with Crippen molar-refractivity contribution in [3.8, 4) is 5.75 Å². The monoisotopic (exact) mass is 437 g/mol. The molecule has 1 saturated heterocycles. The van der Waals surface area contributed by atoms with Gasteiger partial charge in [0.25, 0.3) is 5.91 Å². The first-order valence-corrected chi connectivity index (χ1v) is 10.9. The van der Waals surface area contributed by atoms with Gasteiger partial charge in [0.05, 0.1) is 6.54 Å². The van der Waals surface area contributed by atoms with E-state index < -0.39 is 5.60 Å². The highest BCUT2D eigenvalue weighted by atomic mass is 16.5. The third-order valence-corrected chi connectivity index (χ3v) is 5.85. The van der Waals surface area contributed by atoms with Gasteiger partial charge in [0.1, 0.15) is 29.4 Å². The smallest absolute Gasteiger partial charge is 0.253 e. The van der Waals surface area contributed by atoms with Gasteiger partial charge in [0.15, 0.2) is 0 Å². The number of β-amino-alcohol motifs (C(OH)–C–C–N with tert-alkyl or cyclic N) is 1. The number of hydrogen-bond donors (Lipinski definition) is 1. The number of pyridine rings is 1. The van der Waals surface area contributed by atoms with Gasteiger partial charge in [-0.3, -0.25) is 9.20 Å². The second-order valence-corrected chi connectivity index (χ2v) is 8.77. The van der Waals surface area contributed by atoms with E-state index in [1.54, 1.807) is 30.3 Å². The highest BCUT2D eigenvalue weighted by molar-refractivity contribution is 5.94. The first-order chi connectivity index (χ1) is 15.3. The number of carbonyl (C=O) groups is 1. The van der Waals surface area contributed by atoms with Crippen molar-refractivity contribution in [3.05, 3.63) is 60.4 Å². The number of likely N-dealkylation sites (N-methyl/N-ethyl adjacent to an activating group) is 2. The van der Waals surface area contributed by atoms with Crippen LogP contribution in [0.2, 0.25) is 0 Å². The van der Waals surface area contributed by atoms with Crippen LogP contribution in [0.25, 0.3) is 5.65 Å². The number of aliphatic hydroxyl groups is 1. The molecule has 0 unspecified atom stereocenters. The number of ether oxygens (including phenoxy) is 1. The lowest BCUT2D eigenvalue weighted by Gasteiger charge is -2.29. The number of benzene rings is 1. The highest BCUT2D eigenvalue weighted by Gasteiger charge is 2.38. The molecule has 3 heterocycles. The van der Waals surface area contributed by atoms with Crippen LogP contribution in [-0.4, -0.2) is 89.7 Å². The molecule has 8 nitrogen and oxygen atoms in total. The van der Waals surface area contributed by atoms with Gasteiger partial charge < -0.3 is 24.5 Å². The van der Waals surface area contributed by atoms with Gasteiger partial charge in [-0.25, -0.2) is 4.98 Å². The fraction of sp³-hybridized carbons (Fsp3) is 0.417. The zero-order valence-corrected chi connectivity index (χ0v) is 18.9. The molecule has 1 aliphatic rings. The van der Waals surface area contributed by atoms with Crippen molar-refractivity contribution in [1.29, 1.82) is 0 Å². The van der Waals surface area contributed by atoms with Crippen LogP contribution < -0.4 is 9.64 Å². The summed E-state index contributed by atoms with van der Waals surface area (Å²) in [4.78, 5) is 23.1. The molecule has 0 bridgehead atoms. The molecule has 32 heavy (non-hydrogen) atoms. The zero-order valence-electron chi connectivity index (χ0n) is 18.9. The summed E-state index contributed by atoms with van der Waals surface area (Å²) >= 11 is 0. The lowest BCUT2D eigenvalue weighted by Crippen LogP contribution is -2.46. The summed E-state index contributed by atoms with van der Waals surface area (Å²) in [5, 5.41) is 11.2. The Labute approximate surface area is 188 Å². The number of hydrogen-bond acceptors (Lipinski definition) is 6. The summed E-state index contributed by atoms with van der Waals surface area (Å²) in [7, 11) is 5.73. The van der Waals surface area contributed by atoms with E-state index in [4.69, 9.17) is 4.74 Å². The maximum atomic E-state index is 12.9. The molecular weight excluding hydrogens is 406 g/mol. The van der Waals surface area contributed by atoms with E-state index in [0.29, 0.717) is 25.1 Å². The minimum absolute atomic E-state index is 0.117. The number of aromatic nitrogens is 2. The first-order valence-electron chi connectivity index (χ1n) is 10.9. The number of nitrogens with zero attached hydrogens (tertiary/aromatic N) is 5. The van der Waals surface area contributed by atoms with Gasteiger partial charge in [-0.15, -0.1) is 0 Å². The van der Waals surface area contributed by atoms with Crippen molar-refractivity contribution in [3.63, 3.8) is 0 Å². The van der Waals surface area contributed by atoms with Gasteiger partial charge in [-0.2, -0.15) is 0 Å². The van der Waals surface area contributed by atoms with E-state index in [2.05, 4.69) is 14.8 Å². The van der Waals surface area contributed by atoms with Gasteiger partial charge in [-0.1, -0.05) is 6.07 Å².